The Morgan fingerprint density at radius 3 is 2.74 bits per heavy atom. The van der Waals surface area contributed by atoms with Crippen molar-refractivity contribution in [3.63, 3.8) is 0 Å². The van der Waals surface area contributed by atoms with Crippen LogP contribution in [0.3, 0.4) is 0 Å². The minimum atomic E-state index is 0.0472. The lowest BCUT2D eigenvalue weighted by Crippen LogP contribution is -2.41. The molecule has 0 aromatic rings. The van der Waals surface area contributed by atoms with Crippen LogP contribution in [0.25, 0.3) is 0 Å². The van der Waals surface area contributed by atoms with Crippen molar-refractivity contribution in [3.05, 3.63) is 12.2 Å². The Bertz CT molecular complexity index is 353. The van der Waals surface area contributed by atoms with E-state index in [4.69, 9.17) is 14.2 Å². The van der Waals surface area contributed by atoms with Gasteiger partial charge in [0.2, 0.25) is 0 Å². The van der Waals surface area contributed by atoms with Gasteiger partial charge in [-0.05, 0) is 24.7 Å². The van der Waals surface area contributed by atoms with Gasteiger partial charge >= 0.3 is 0 Å². The highest BCUT2D eigenvalue weighted by atomic mass is 16.7. The molecule has 0 unspecified atom stereocenters. The first-order valence-corrected chi connectivity index (χ1v) is 7.64. The van der Waals surface area contributed by atoms with Gasteiger partial charge < -0.3 is 14.2 Å². The molecule has 4 nitrogen and oxygen atoms in total. The monoisotopic (exact) mass is 265 g/mol. The average molecular weight is 265 g/mol. The van der Waals surface area contributed by atoms with Gasteiger partial charge in [-0.3, -0.25) is 4.90 Å². The molecule has 0 aromatic heterocycles. The van der Waals surface area contributed by atoms with Crippen LogP contribution in [0, 0.1) is 17.8 Å². The van der Waals surface area contributed by atoms with Gasteiger partial charge in [-0.1, -0.05) is 12.2 Å². The number of rotatable bonds is 3. The summed E-state index contributed by atoms with van der Waals surface area (Å²) in [5.74, 6) is 2.10. The fourth-order valence-electron chi connectivity index (χ4n) is 4.00. The summed E-state index contributed by atoms with van der Waals surface area (Å²) in [5, 5.41) is 0. The van der Waals surface area contributed by atoms with Gasteiger partial charge in [0.15, 0.2) is 6.29 Å². The number of ether oxygens (including phenoxy) is 3. The predicted octanol–water partition coefficient (Wildman–Crippen LogP) is 1.27. The lowest BCUT2D eigenvalue weighted by molar-refractivity contribution is -0.107. The van der Waals surface area contributed by atoms with Crippen LogP contribution < -0.4 is 0 Å². The van der Waals surface area contributed by atoms with Crippen LogP contribution in [-0.2, 0) is 14.2 Å². The van der Waals surface area contributed by atoms with Crippen LogP contribution in [0.5, 0.6) is 0 Å². The molecule has 4 rings (SSSR count). The maximum Gasteiger partial charge on any atom is 0.161 e. The number of fused-ring (bicyclic) bond motifs is 2. The Labute approximate surface area is 114 Å². The second-order valence-corrected chi connectivity index (χ2v) is 6.32. The Morgan fingerprint density at radius 2 is 2.00 bits per heavy atom. The highest BCUT2D eigenvalue weighted by molar-refractivity contribution is 5.11. The first kappa shape index (κ1) is 12.3. The average Bonchev–Trinajstić information content (AvgIpc) is 3.15. The SMILES string of the molecule is C1=C[C@H]2C[C@H]1C[C@@H]2[C@@H]1OC[C@H](CN2CCOCC2)O1. The lowest BCUT2D eigenvalue weighted by Gasteiger charge is -2.29. The van der Waals surface area contributed by atoms with Gasteiger partial charge in [-0.2, -0.15) is 0 Å². The van der Waals surface area contributed by atoms with E-state index in [1.165, 1.54) is 12.8 Å². The summed E-state index contributed by atoms with van der Waals surface area (Å²) in [7, 11) is 0. The molecule has 2 saturated heterocycles. The van der Waals surface area contributed by atoms with Crippen molar-refractivity contribution in [2.24, 2.45) is 17.8 Å². The highest BCUT2D eigenvalue weighted by Crippen LogP contribution is 2.46. The van der Waals surface area contributed by atoms with Gasteiger partial charge in [-0.25, -0.2) is 0 Å². The minimum Gasteiger partial charge on any atom is -0.379 e. The fourth-order valence-corrected chi connectivity index (χ4v) is 4.00. The summed E-state index contributed by atoms with van der Waals surface area (Å²) < 4.78 is 17.5. The Balaban J connectivity index is 1.29. The minimum absolute atomic E-state index is 0.0472. The summed E-state index contributed by atoms with van der Waals surface area (Å²) in [5.41, 5.74) is 0. The molecule has 4 aliphatic rings. The van der Waals surface area contributed by atoms with Crippen LogP contribution in [0.1, 0.15) is 12.8 Å². The molecule has 3 fully saturated rings. The van der Waals surface area contributed by atoms with Crippen molar-refractivity contribution in [1.82, 2.24) is 4.90 Å². The molecule has 0 radical (unpaired) electrons. The van der Waals surface area contributed by atoms with Crippen LogP contribution >= 0.6 is 0 Å². The van der Waals surface area contributed by atoms with Crippen molar-refractivity contribution in [2.45, 2.75) is 25.2 Å². The van der Waals surface area contributed by atoms with Crippen molar-refractivity contribution >= 4 is 0 Å². The second kappa shape index (κ2) is 5.17. The van der Waals surface area contributed by atoms with Crippen LogP contribution in [0.4, 0.5) is 0 Å². The first-order valence-electron chi connectivity index (χ1n) is 7.64. The summed E-state index contributed by atoms with van der Waals surface area (Å²) >= 11 is 0. The van der Waals surface area contributed by atoms with Gasteiger partial charge in [0.25, 0.3) is 0 Å². The molecule has 2 aliphatic carbocycles. The molecule has 2 heterocycles. The van der Waals surface area contributed by atoms with E-state index in [1.807, 2.05) is 0 Å². The molecular weight excluding hydrogens is 242 g/mol. The summed E-state index contributed by atoms with van der Waals surface area (Å²) in [4.78, 5) is 2.43. The first-order chi connectivity index (χ1) is 9.38. The molecule has 19 heavy (non-hydrogen) atoms. The number of hydrogen-bond donors (Lipinski definition) is 0. The molecule has 0 amide bonds. The third-order valence-corrected chi connectivity index (χ3v) is 5.02. The number of hydrogen-bond acceptors (Lipinski definition) is 4. The molecule has 0 N–H and O–H groups in total. The van der Waals surface area contributed by atoms with Crippen molar-refractivity contribution < 1.29 is 14.2 Å². The summed E-state index contributed by atoms with van der Waals surface area (Å²) in [6.07, 6.45) is 7.64. The molecule has 0 aromatic carbocycles. The van der Waals surface area contributed by atoms with Crippen LogP contribution in [0.2, 0.25) is 0 Å². The van der Waals surface area contributed by atoms with Gasteiger partial charge in [0.05, 0.1) is 25.9 Å². The maximum atomic E-state index is 6.16. The van der Waals surface area contributed by atoms with Crippen molar-refractivity contribution in [2.75, 3.05) is 39.5 Å². The Morgan fingerprint density at radius 1 is 1.11 bits per heavy atom. The topological polar surface area (TPSA) is 30.9 Å². The van der Waals surface area contributed by atoms with E-state index in [-0.39, 0.29) is 12.4 Å². The van der Waals surface area contributed by atoms with E-state index in [9.17, 15) is 0 Å². The molecule has 0 spiro atoms. The quantitative estimate of drug-likeness (QED) is 0.719. The van der Waals surface area contributed by atoms with E-state index in [0.717, 1.165) is 45.4 Å². The smallest absolute Gasteiger partial charge is 0.161 e. The zero-order valence-corrected chi connectivity index (χ0v) is 11.4. The lowest BCUT2D eigenvalue weighted by atomic mass is 9.93. The zero-order valence-electron chi connectivity index (χ0n) is 11.4. The molecular formula is C15H23NO3. The molecule has 2 aliphatic heterocycles. The van der Waals surface area contributed by atoms with E-state index in [2.05, 4.69) is 17.1 Å². The Hall–Kier alpha value is -0.420. The highest BCUT2D eigenvalue weighted by Gasteiger charge is 2.44. The zero-order chi connectivity index (χ0) is 12.7. The molecule has 2 bridgehead atoms. The normalized spacial score (nSPS) is 46.2. The maximum absolute atomic E-state index is 6.16. The predicted molar refractivity (Wildman–Crippen MR) is 70.7 cm³/mol. The van der Waals surface area contributed by atoms with E-state index in [0.29, 0.717) is 11.8 Å². The largest absolute Gasteiger partial charge is 0.379 e. The second-order valence-electron chi connectivity index (χ2n) is 6.32. The van der Waals surface area contributed by atoms with Crippen LogP contribution in [-0.4, -0.2) is 56.7 Å². The van der Waals surface area contributed by atoms with Gasteiger partial charge in [0.1, 0.15) is 0 Å². The molecule has 5 atom stereocenters. The number of allylic oxidation sites excluding steroid dienone is 2. The number of nitrogens with zero attached hydrogens (tertiary/aromatic N) is 1. The van der Waals surface area contributed by atoms with E-state index < -0.39 is 0 Å². The van der Waals surface area contributed by atoms with E-state index >= 15 is 0 Å². The van der Waals surface area contributed by atoms with E-state index in [1.54, 1.807) is 0 Å². The van der Waals surface area contributed by atoms with Gasteiger partial charge in [-0.15, -0.1) is 0 Å². The summed E-state index contributed by atoms with van der Waals surface area (Å²) in [6.45, 7) is 5.53. The van der Waals surface area contributed by atoms with Crippen LogP contribution in [0.15, 0.2) is 12.2 Å². The number of morpholine rings is 1. The standard InChI is InChI=1S/C15H23NO3/c1-2-12-7-11(1)8-14(12)15-18-10-13(19-15)9-16-3-5-17-6-4-16/h1-2,11-15H,3-10H2/t11-,12-,13-,14-,15+/m0/s1. The van der Waals surface area contributed by atoms with Crippen molar-refractivity contribution in [1.29, 1.82) is 0 Å². The molecule has 4 heteroatoms. The summed E-state index contributed by atoms with van der Waals surface area (Å²) in [6, 6.07) is 0. The third kappa shape index (κ3) is 2.47. The van der Waals surface area contributed by atoms with Gasteiger partial charge in [0, 0.05) is 25.6 Å². The Kier molecular flexibility index (Phi) is 3.35. The fraction of sp³-hybridized carbons (Fsp3) is 0.867. The molecule has 106 valence electrons. The molecule has 1 saturated carbocycles. The third-order valence-electron chi connectivity index (χ3n) is 5.02. The van der Waals surface area contributed by atoms with Crippen molar-refractivity contribution in [3.8, 4) is 0 Å².